The second-order valence-electron chi connectivity index (χ2n) is 4.56. The molecule has 3 nitrogen and oxygen atoms in total. The predicted octanol–water partition coefficient (Wildman–Crippen LogP) is 3.10. The third-order valence-corrected chi connectivity index (χ3v) is 3.64. The summed E-state index contributed by atoms with van der Waals surface area (Å²) >= 11 is 11.6. The highest BCUT2D eigenvalue weighted by atomic mass is 35.5. The monoisotopic (exact) mass is 295 g/mol. The molecule has 19 heavy (non-hydrogen) atoms. The van der Waals surface area contributed by atoms with Crippen LogP contribution < -0.4 is 0 Å². The minimum atomic E-state index is -0.634. The van der Waals surface area contributed by atoms with E-state index in [9.17, 15) is 9.59 Å². The number of nitrogens with zero attached hydrogens (tertiary/aromatic N) is 1. The maximum absolute atomic E-state index is 11.4. The van der Waals surface area contributed by atoms with Gasteiger partial charge in [0, 0.05) is 0 Å². The highest BCUT2D eigenvalue weighted by Crippen LogP contribution is 2.28. The molecule has 0 heterocycles. The minimum Gasteiger partial charge on any atom is -0.290 e. The summed E-state index contributed by atoms with van der Waals surface area (Å²) in [5.74, 6) is -0.467. The van der Waals surface area contributed by atoms with Gasteiger partial charge < -0.3 is 0 Å². The number of halogens is 2. The molecule has 0 aromatic carbocycles. The van der Waals surface area contributed by atoms with E-state index in [1.165, 1.54) is 24.3 Å². The van der Waals surface area contributed by atoms with Crippen LogP contribution in [0.3, 0.4) is 0 Å². The third kappa shape index (κ3) is 2.77. The lowest BCUT2D eigenvalue weighted by Crippen LogP contribution is -2.26. The first-order valence-corrected chi connectivity index (χ1v) is 6.38. The number of rotatable bonds is 1. The van der Waals surface area contributed by atoms with Crippen molar-refractivity contribution >= 4 is 40.5 Å². The molecule has 0 aromatic heterocycles. The maximum Gasteiger partial charge on any atom is 0.215 e. The summed E-state index contributed by atoms with van der Waals surface area (Å²) in [4.78, 5) is 27.2. The Morgan fingerprint density at radius 1 is 1.11 bits per heavy atom. The van der Waals surface area contributed by atoms with Crippen molar-refractivity contribution in [3.63, 3.8) is 0 Å². The van der Waals surface area contributed by atoms with Gasteiger partial charge in [0.1, 0.15) is 0 Å². The molecule has 2 aliphatic carbocycles. The molecule has 1 atom stereocenters. The molecule has 0 saturated heterocycles. The number of allylic oxidation sites excluding steroid dienone is 6. The summed E-state index contributed by atoms with van der Waals surface area (Å²) in [5, 5.41) is 0.0692. The van der Waals surface area contributed by atoms with E-state index in [1.54, 1.807) is 6.08 Å². The van der Waals surface area contributed by atoms with Crippen molar-refractivity contribution in [1.82, 2.24) is 0 Å². The number of aliphatic imine (C=N–C) groups is 1. The van der Waals surface area contributed by atoms with Crippen molar-refractivity contribution in [2.45, 2.75) is 19.4 Å². The molecule has 0 radical (unpaired) electrons. The van der Waals surface area contributed by atoms with Crippen LogP contribution in [0.5, 0.6) is 0 Å². The van der Waals surface area contributed by atoms with Crippen LogP contribution in [0.15, 0.2) is 51.0 Å². The lowest BCUT2D eigenvalue weighted by Gasteiger charge is -2.26. The van der Waals surface area contributed by atoms with Gasteiger partial charge in [-0.2, -0.15) is 0 Å². The third-order valence-electron chi connectivity index (χ3n) is 3.07. The Bertz CT molecular complexity index is 599. The number of hydrogen-bond acceptors (Lipinski definition) is 3. The van der Waals surface area contributed by atoms with E-state index in [1.807, 2.05) is 13.8 Å². The van der Waals surface area contributed by atoms with Gasteiger partial charge in [-0.05, 0) is 49.8 Å². The summed E-state index contributed by atoms with van der Waals surface area (Å²) in [6.45, 7) is 3.70. The number of carbonyl (C=O) groups is 2. The molecule has 0 saturated carbocycles. The van der Waals surface area contributed by atoms with Gasteiger partial charge in [-0.25, -0.2) is 0 Å². The maximum atomic E-state index is 11.4. The van der Waals surface area contributed by atoms with Crippen LogP contribution in [0.2, 0.25) is 0 Å². The van der Waals surface area contributed by atoms with Crippen LogP contribution in [0.4, 0.5) is 0 Å². The van der Waals surface area contributed by atoms with E-state index in [0.29, 0.717) is 5.71 Å². The summed E-state index contributed by atoms with van der Waals surface area (Å²) in [5.41, 5.74) is 0.688. The van der Waals surface area contributed by atoms with Gasteiger partial charge in [0.2, 0.25) is 5.78 Å². The van der Waals surface area contributed by atoms with E-state index in [4.69, 9.17) is 23.2 Å². The van der Waals surface area contributed by atoms with Crippen molar-refractivity contribution in [2.75, 3.05) is 0 Å². The molecule has 1 unspecified atom stereocenters. The topological polar surface area (TPSA) is 46.5 Å². The second-order valence-corrected chi connectivity index (χ2v) is 5.38. The van der Waals surface area contributed by atoms with Crippen LogP contribution in [0.1, 0.15) is 13.8 Å². The Balaban J connectivity index is 2.43. The molecule has 2 aliphatic rings. The normalized spacial score (nSPS) is 26.9. The van der Waals surface area contributed by atoms with Gasteiger partial charge in [-0.3, -0.25) is 14.6 Å². The average Bonchev–Trinajstić information content (AvgIpc) is 2.32. The minimum absolute atomic E-state index is 0.0346. The Morgan fingerprint density at radius 3 is 2.21 bits per heavy atom. The van der Waals surface area contributed by atoms with Crippen LogP contribution >= 0.6 is 23.2 Å². The lowest BCUT2D eigenvalue weighted by atomic mass is 9.88. The lowest BCUT2D eigenvalue weighted by molar-refractivity contribution is -0.111. The van der Waals surface area contributed by atoms with E-state index >= 15 is 0 Å². The molecule has 0 N–H and O–H groups in total. The first-order chi connectivity index (χ1) is 8.82. The first-order valence-electron chi connectivity index (χ1n) is 5.63. The molecule has 0 aliphatic heterocycles. The van der Waals surface area contributed by atoms with Crippen LogP contribution in [-0.4, -0.2) is 22.8 Å². The molecule has 0 fully saturated rings. The van der Waals surface area contributed by atoms with Gasteiger partial charge in [0.25, 0.3) is 0 Å². The molecule has 0 bridgehead atoms. The van der Waals surface area contributed by atoms with Crippen LogP contribution in [0.25, 0.3) is 0 Å². The molecule has 0 spiro atoms. The highest BCUT2D eigenvalue weighted by molar-refractivity contribution is 6.57. The Kier molecular flexibility index (Phi) is 3.61. The number of hydrogen-bond donors (Lipinski definition) is 0. The van der Waals surface area contributed by atoms with E-state index < -0.39 is 11.3 Å². The van der Waals surface area contributed by atoms with Crippen LogP contribution in [-0.2, 0) is 9.59 Å². The van der Waals surface area contributed by atoms with Crippen molar-refractivity contribution in [3.05, 3.63) is 46.0 Å². The van der Waals surface area contributed by atoms with Gasteiger partial charge in [0.05, 0.1) is 21.3 Å². The van der Waals surface area contributed by atoms with E-state index in [0.717, 1.165) is 5.57 Å². The Labute approximate surface area is 121 Å². The second kappa shape index (κ2) is 4.91. The van der Waals surface area contributed by atoms with E-state index in [2.05, 4.69) is 4.99 Å². The summed E-state index contributed by atoms with van der Waals surface area (Å²) in [6, 6.07) is 0. The SMILES string of the molecule is CC1=CC(=O)C=CC1(C)N=C1C=C(Cl)C(=O)C(Cl)=C1. The molecule has 0 aromatic rings. The molecule has 5 heteroatoms. The van der Waals surface area contributed by atoms with Crippen molar-refractivity contribution in [1.29, 1.82) is 0 Å². The van der Waals surface area contributed by atoms with Gasteiger partial charge in [-0.1, -0.05) is 23.2 Å². The largest absolute Gasteiger partial charge is 0.290 e. The van der Waals surface area contributed by atoms with Gasteiger partial charge in [0.15, 0.2) is 5.78 Å². The fourth-order valence-electron chi connectivity index (χ4n) is 1.79. The zero-order chi connectivity index (χ0) is 14.2. The average molecular weight is 296 g/mol. The van der Waals surface area contributed by atoms with Gasteiger partial charge in [-0.15, -0.1) is 0 Å². The number of carbonyl (C=O) groups excluding carboxylic acids is 2. The van der Waals surface area contributed by atoms with Crippen molar-refractivity contribution < 1.29 is 9.59 Å². The highest BCUT2D eigenvalue weighted by Gasteiger charge is 2.27. The smallest absolute Gasteiger partial charge is 0.215 e. The standard InChI is InChI=1S/C14H11Cl2NO2/c1-8-5-10(18)3-4-14(8,2)17-9-6-11(15)13(19)12(16)7-9/h3-7H,1-2H3. The zero-order valence-corrected chi connectivity index (χ0v) is 11.9. The molecule has 98 valence electrons. The molecular formula is C14H11Cl2NO2. The van der Waals surface area contributed by atoms with Gasteiger partial charge >= 0.3 is 0 Å². The zero-order valence-electron chi connectivity index (χ0n) is 10.4. The summed E-state index contributed by atoms with van der Waals surface area (Å²) in [7, 11) is 0. The number of Topliss-reactive ketones (excluding diaryl/α,β-unsaturated/α-hetero) is 1. The fraction of sp³-hybridized carbons (Fsp3) is 0.214. The Morgan fingerprint density at radius 2 is 1.68 bits per heavy atom. The van der Waals surface area contributed by atoms with Crippen molar-refractivity contribution in [3.8, 4) is 0 Å². The van der Waals surface area contributed by atoms with E-state index in [-0.39, 0.29) is 15.8 Å². The van der Waals surface area contributed by atoms with Crippen molar-refractivity contribution in [2.24, 2.45) is 4.99 Å². The quantitative estimate of drug-likeness (QED) is 0.698. The first kappa shape index (κ1) is 14.0. The summed E-state index contributed by atoms with van der Waals surface area (Å²) < 4.78 is 0. The van der Waals surface area contributed by atoms with Crippen LogP contribution in [0, 0.1) is 0 Å². The predicted molar refractivity (Wildman–Crippen MR) is 76.6 cm³/mol. The molecule has 2 rings (SSSR count). The fourth-order valence-corrected chi connectivity index (χ4v) is 2.26. The Hall–Kier alpha value is -1.45. The summed E-state index contributed by atoms with van der Waals surface area (Å²) in [6.07, 6.45) is 7.67. The number of ketones is 2. The molecular weight excluding hydrogens is 285 g/mol. The molecule has 0 amide bonds.